The van der Waals surface area contributed by atoms with Crippen LogP contribution in [-0.2, 0) is 4.79 Å². The molecule has 1 saturated heterocycles. The Bertz CT molecular complexity index is 810. The number of piperazine rings is 1. The number of benzene rings is 2. The number of amides is 1. The summed E-state index contributed by atoms with van der Waals surface area (Å²) in [5, 5.41) is 3.43. The van der Waals surface area contributed by atoms with Crippen molar-refractivity contribution in [2.24, 2.45) is 5.92 Å². The van der Waals surface area contributed by atoms with Crippen LogP contribution in [0.2, 0.25) is 0 Å². The van der Waals surface area contributed by atoms with Crippen molar-refractivity contribution >= 4 is 18.3 Å². The molecule has 1 heterocycles. The number of rotatable bonds is 4. The lowest BCUT2D eigenvalue weighted by Gasteiger charge is -2.37. The molecular formula is C22H27ClN2O2. The fourth-order valence-corrected chi connectivity index (χ4v) is 4.22. The smallest absolute Gasteiger partial charge is 0.226 e. The molecule has 2 aromatic rings. The van der Waals surface area contributed by atoms with Gasteiger partial charge >= 0.3 is 0 Å². The summed E-state index contributed by atoms with van der Waals surface area (Å²) in [4.78, 5) is 15.4. The summed E-state index contributed by atoms with van der Waals surface area (Å²) >= 11 is 0. The molecule has 3 atom stereocenters. The van der Waals surface area contributed by atoms with Gasteiger partial charge in [-0.2, -0.15) is 0 Å². The van der Waals surface area contributed by atoms with Gasteiger partial charge in [-0.1, -0.05) is 42.5 Å². The van der Waals surface area contributed by atoms with E-state index in [1.165, 1.54) is 11.1 Å². The number of ether oxygens (including phenoxy) is 1. The molecule has 1 amide bonds. The zero-order chi connectivity index (χ0) is 18.1. The molecule has 5 heteroatoms. The van der Waals surface area contributed by atoms with Crippen molar-refractivity contribution < 1.29 is 9.53 Å². The van der Waals surface area contributed by atoms with E-state index in [0.29, 0.717) is 5.92 Å². The Kier molecular flexibility index (Phi) is 6.08. The van der Waals surface area contributed by atoms with Gasteiger partial charge in [0.15, 0.2) is 0 Å². The maximum atomic E-state index is 13.3. The van der Waals surface area contributed by atoms with Crippen LogP contribution in [0.4, 0.5) is 0 Å². The topological polar surface area (TPSA) is 41.6 Å². The summed E-state index contributed by atoms with van der Waals surface area (Å²) in [6.45, 7) is 4.50. The largest absolute Gasteiger partial charge is 0.496 e. The predicted molar refractivity (Wildman–Crippen MR) is 110 cm³/mol. The predicted octanol–water partition coefficient (Wildman–Crippen LogP) is 3.70. The van der Waals surface area contributed by atoms with Crippen LogP contribution in [0.25, 0.3) is 0 Å². The Hall–Kier alpha value is -2.04. The van der Waals surface area contributed by atoms with Gasteiger partial charge in [0.2, 0.25) is 5.91 Å². The van der Waals surface area contributed by atoms with Gasteiger partial charge in [-0.05, 0) is 36.5 Å². The molecule has 0 bridgehead atoms. The number of carbonyl (C=O) groups is 1. The van der Waals surface area contributed by atoms with E-state index < -0.39 is 0 Å². The number of aryl methyl sites for hydroxylation is 1. The van der Waals surface area contributed by atoms with Crippen LogP contribution in [-0.4, -0.2) is 37.6 Å². The van der Waals surface area contributed by atoms with E-state index in [0.717, 1.165) is 37.4 Å². The first-order chi connectivity index (χ1) is 12.7. The van der Waals surface area contributed by atoms with Gasteiger partial charge in [0, 0.05) is 31.1 Å². The highest BCUT2D eigenvalue weighted by Crippen LogP contribution is 2.50. The second-order valence-electron chi connectivity index (χ2n) is 7.30. The number of nitrogens with zero attached hydrogens (tertiary/aromatic N) is 1. The first-order valence-electron chi connectivity index (χ1n) is 9.40. The summed E-state index contributed by atoms with van der Waals surface area (Å²) in [5.74, 6) is 1.63. The van der Waals surface area contributed by atoms with Crippen LogP contribution < -0.4 is 10.1 Å². The second kappa shape index (κ2) is 8.32. The fraction of sp³-hybridized carbons (Fsp3) is 0.409. The van der Waals surface area contributed by atoms with Crippen LogP contribution in [0.3, 0.4) is 0 Å². The first-order valence-corrected chi connectivity index (χ1v) is 9.40. The minimum atomic E-state index is 0. The molecule has 0 radical (unpaired) electrons. The van der Waals surface area contributed by atoms with Gasteiger partial charge in [0.25, 0.3) is 0 Å². The molecule has 2 fully saturated rings. The van der Waals surface area contributed by atoms with Crippen LogP contribution in [0, 0.1) is 12.8 Å². The van der Waals surface area contributed by atoms with Crippen LogP contribution in [0.1, 0.15) is 35.1 Å². The third-order valence-corrected chi connectivity index (χ3v) is 5.72. The summed E-state index contributed by atoms with van der Waals surface area (Å²) in [5.41, 5.74) is 3.70. The van der Waals surface area contributed by atoms with Crippen molar-refractivity contribution in [1.29, 1.82) is 0 Å². The Balaban J connectivity index is 0.00000210. The lowest BCUT2D eigenvalue weighted by Crippen LogP contribution is -2.49. The number of hydrogen-bond acceptors (Lipinski definition) is 3. The van der Waals surface area contributed by atoms with E-state index >= 15 is 0 Å². The van der Waals surface area contributed by atoms with Crippen molar-refractivity contribution in [2.75, 3.05) is 26.7 Å². The van der Waals surface area contributed by atoms with Crippen molar-refractivity contribution in [1.82, 2.24) is 10.2 Å². The minimum Gasteiger partial charge on any atom is -0.496 e. The third kappa shape index (κ3) is 3.83. The molecule has 0 aromatic heterocycles. The van der Waals surface area contributed by atoms with Gasteiger partial charge in [0.1, 0.15) is 5.75 Å². The Morgan fingerprint density at radius 3 is 2.56 bits per heavy atom. The molecule has 2 aliphatic rings. The molecule has 2 aromatic carbocycles. The molecular weight excluding hydrogens is 360 g/mol. The average Bonchev–Trinajstić information content (AvgIpc) is 3.48. The van der Waals surface area contributed by atoms with E-state index in [1.54, 1.807) is 7.11 Å². The summed E-state index contributed by atoms with van der Waals surface area (Å²) in [7, 11) is 1.69. The lowest BCUT2D eigenvalue weighted by molar-refractivity contribution is -0.136. The normalized spacial score (nSPS) is 24.1. The van der Waals surface area contributed by atoms with E-state index in [2.05, 4.69) is 47.5 Å². The molecule has 4 nitrogen and oxygen atoms in total. The Labute approximate surface area is 167 Å². The molecule has 1 saturated carbocycles. The average molecular weight is 387 g/mol. The molecule has 1 aliphatic heterocycles. The van der Waals surface area contributed by atoms with Crippen molar-refractivity contribution in [3.05, 3.63) is 65.2 Å². The van der Waals surface area contributed by atoms with E-state index in [9.17, 15) is 4.79 Å². The monoisotopic (exact) mass is 386 g/mol. The summed E-state index contributed by atoms with van der Waals surface area (Å²) in [6.07, 6.45) is 0.965. The molecule has 4 rings (SSSR count). The highest BCUT2D eigenvalue weighted by molar-refractivity contribution is 5.85. The standard InChI is InChI=1S/C22H26N2O2.ClH/c1-15-7-3-4-8-16(15)18-13-19(18)22(25)24-12-11-23-14-20(24)17-9-5-6-10-21(17)26-2;/h3-10,18-20,23H,11-14H2,1-2H3;1H. The van der Waals surface area contributed by atoms with Gasteiger partial charge in [-0.15, -0.1) is 12.4 Å². The molecule has 1 N–H and O–H groups in total. The number of methoxy groups -OCH3 is 1. The van der Waals surface area contributed by atoms with Gasteiger partial charge in [-0.25, -0.2) is 0 Å². The molecule has 144 valence electrons. The SMILES string of the molecule is COc1ccccc1C1CNCCN1C(=O)C1CC1c1ccccc1C.Cl. The number of halogens is 1. The Morgan fingerprint density at radius 2 is 1.81 bits per heavy atom. The first kappa shape index (κ1) is 19.7. The van der Waals surface area contributed by atoms with Crippen LogP contribution >= 0.6 is 12.4 Å². The summed E-state index contributed by atoms with van der Waals surface area (Å²) in [6, 6.07) is 16.5. The minimum absolute atomic E-state index is 0. The number of hydrogen-bond donors (Lipinski definition) is 1. The molecule has 3 unspecified atom stereocenters. The zero-order valence-electron chi connectivity index (χ0n) is 15.9. The third-order valence-electron chi connectivity index (χ3n) is 5.72. The van der Waals surface area contributed by atoms with Crippen molar-refractivity contribution in [3.8, 4) is 5.75 Å². The number of para-hydroxylation sites is 1. The van der Waals surface area contributed by atoms with Crippen molar-refractivity contribution in [2.45, 2.75) is 25.3 Å². The second-order valence-corrected chi connectivity index (χ2v) is 7.30. The van der Waals surface area contributed by atoms with Gasteiger partial charge < -0.3 is 15.0 Å². The lowest BCUT2D eigenvalue weighted by atomic mass is 10.00. The van der Waals surface area contributed by atoms with Crippen LogP contribution in [0.5, 0.6) is 5.75 Å². The summed E-state index contributed by atoms with van der Waals surface area (Å²) < 4.78 is 5.54. The van der Waals surface area contributed by atoms with Crippen molar-refractivity contribution in [3.63, 3.8) is 0 Å². The highest BCUT2D eigenvalue weighted by Gasteiger charge is 2.47. The van der Waals surface area contributed by atoms with Gasteiger partial charge in [0.05, 0.1) is 13.2 Å². The fourth-order valence-electron chi connectivity index (χ4n) is 4.22. The quantitative estimate of drug-likeness (QED) is 0.871. The molecule has 0 spiro atoms. The maximum Gasteiger partial charge on any atom is 0.226 e. The maximum absolute atomic E-state index is 13.3. The molecule has 1 aliphatic carbocycles. The van der Waals surface area contributed by atoms with Crippen LogP contribution in [0.15, 0.2) is 48.5 Å². The number of carbonyl (C=O) groups excluding carboxylic acids is 1. The van der Waals surface area contributed by atoms with E-state index in [1.807, 2.05) is 18.2 Å². The van der Waals surface area contributed by atoms with E-state index in [-0.39, 0.29) is 30.3 Å². The number of nitrogens with one attached hydrogen (secondary N) is 1. The zero-order valence-corrected chi connectivity index (χ0v) is 16.7. The van der Waals surface area contributed by atoms with E-state index in [4.69, 9.17) is 4.74 Å². The highest BCUT2D eigenvalue weighted by atomic mass is 35.5. The molecule has 27 heavy (non-hydrogen) atoms. The van der Waals surface area contributed by atoms with Gasteiger partial charge in [-0.3, -0.25) is 4.79 Å². The Morgan fingerprint density at radius 1 is 1.11 bits per heavy atom.